The number of rotatable bonds is 7. The van der Waals surface area contributed by atoms with Crippen molar-refractivity contribution in [3.63, 3.8) is 0 Å². The summed E-state index contributed by atoms with van der Waals surface area (Å²) >= 11 is 0. The Hall–Kier alpha value is -3.07. The van der Waals surface area contributed by atoms with Crippen LogP contribution < -0.4 is 16.0 Å². The Bertz CT molecular complexity index is 930. The Morgan fingerprint density at radius 1 is 1.07 bits per heavy atom. The van der Waals surface area contributed by atoms with E-state index in [1.165, 1.54) is 32.2 Å². The van der Waals surface area contributed by atoms with Gasteiger partial charge in [-0.2, -0.15) is 0 Å². The standard InChI is InChI=1S/C19H23N3O5S/c1-3-28(25,26)17-10-9-16(22-18(23)20-2)11-15(17)12-21-19(24)27-13-14-7-5-4-6-8-14/h4-11H,3,12-13H2,1-2H3,(H,21,24)(H2,20,22,23). The normalized spacial score (nSPS) is 10.8. The molecule has 0 aliphatic carbocycles. The summed E-state index contributed by atoms with van der Waals surface area (Å²) in [4.78, 5) is 23.6. The second-order valence-corrected chi connectivity index (χ2v) is 8.09. The van der Waals surface area contributed by atoms with Crippen LogP contribution in [0.3, 0.4) is 0 Å². The van der Waals surface area contributed by atoms with E-state index in [1.54, 1.807) is 0 Å². The van der Waals surface area contributed by atoms with Gasteiger partial charge in [-0.05, 0) is 29.3 Å². The van der Waals surface area contributed by atoms with Crippen molar-refractivity contribution in [1.29, 1.82) is 0 Å². The molecule has 0 aromatic heterocycles. The Morgan fingerprint density at radius 2 is 1.79 bits per heavy atom. The van der Waals surface area contributed by atoms with E-state index in [9.17, 15) is 18.0 Å². The van der Waals surface area contributed by atoms with Gasteiger partial charge in [0.2, 0.25) is 0 Å². The second kappa shape index (κ2) is 9.75. The Morgan fingerprint density at radius 3 is 2.43 bits per heavy atom. The minimum Gasteiger partial charge on any atom is -0.445 e. The van der Waals surface area contributed by atoms with Gasteiger partial charge in [-0.1, -0.05) is 37.3 Å². The minimum atomic E-state index is -3.50. The molecule has 3 N–H and O–H groups in total. The summed E-state index contributed by atoms with van der Waals surface area (Å²) in [6.45, 7) is 1.58. The summed E-state index contributed by atoms with van der Waals surface area (Å²) in [6, 6.07) is 13.2. The molecule has 0 unspecified atom stereocenters. The van der Waals surface area contributed by atoms with Crippen LogP contribution in [-0.2, 0) is 27.7 Å². The van der Waals surface area contributed by atoms with Crippen LogP contribution in [0, 0.1) is 0 Å². The number of ether oxygens (including phenoxy) is 1. The molecule has 0 bridgehead atoms. The highest BCUT2D eigenvalue weighted by Crippen LogP contribution is 2.22. The number of alkyl carbamates (subject to hydrolysis) is 1. The highest BCUT2D eigenvalue weighted by Gasteiger charge is 2.18. The average Bonchev–Trinajstić information content (AvgIpc) is 2.71. The van der Waals surface area contributed by atoms with Gasteiger partial charge < -0.3 is 20.7 Å². The summed E-state index contributed by atoms with van der Waals surface area (Å²) in [7, 11) is -2.03. The van der Waals surface area contributed by atoms with Crippen LogP contribution in [0.5, 0.6) is 0 Å². The van der Waals surface area contributed by atoms with Crippen molar-refractivity contribution >= 4 is 27.6 Å². The van der Waals surface area contributed by atoms with Gasteiger partial charge in [0, 0.05) is 19.3 Å². The van der Waals surface area contributed by atoms with E-state index in [0.717, 1.165) is 5.56 Å². The lowest BCUT2D eigenvalue weighted by Gasteiger charge is -2.13. The molecule has 0 spiro atoms. The first kappa shape index (κ1) is 21.2. The number of nitrogens with one attached hydrogen (secondary N) is 3. The van der Waals surface area contributed by atoms with Gasteiger partial charge in [-0.25, -0.2) is 18.0 Å². The van der Waals surface area contributed by atoms with Crippen molar-refractivity contribution in [2.75, 3.05) is 18.1 Å². The molecule has 0 saturated carbocycles. The largest absolute Gasteiger partial charge is 0.445 e. The average molecular weight is 405 g/mol. The SMILES string of the molecule is CCS(=O)(=O)c1ccc(NC(=O)NC)cc1CNC(=O)OCc1ccccc1. The Labute approximate surface area is 164 Å². The first-order valence-electron chi connectivity index (χ1n) is 8.64. The zero-order valence-corrected chi connectivity index (χ0v) is 16.5. The van der Waals surface area contributed by atoms with Crippen LogP contribution >= 0.6 is 0 Å². The Balaban J connectivity index is 2.11. The quantitative estimate of drug-likeness (QED) is 0.655. The van der Waals surface area contributed by atoms with E-state index in [1.807, 2.05) is 30.3 Å². The summed E-state index contributed by atoms with van der Waals surface area (Å²) < 4.78 is 29.8. The molecule has 8 nitrogen and oxygen atoms in total. The van der Waals surface area contributed by atoms with Crippen LogP contribution in [0.15, 0.2) is 53.4 Å². The summed E-state index contributed by atoms with van der Waals surface area (Å²) in [6.07, 6.45) is -0.673. The fourth-order valence-corrected chi connectivity index (χ4v) is 3.51. The number of hydrogen-bond donors (Lipinski definition) is 3. The van der Waals surface area contributed by atoms with Crippen LogP contribution in [-0.4, -0.2) is 33.3 Å². The minimum absolute atomic E-state index is 0.0640. The molecule has 0 aliphatic rings. The van der Waals surface area contributed by atoms with Gasteiger partial charge in [-0.3, -0.25) is 0 Å². The second-order valence-electron chi connectivity index (χ2n) is 5.85. The highest BCUT2D eigenvalue weighted by atomic mass is 32.2. The molecule has 3 amide bonds. The molecule has 0 radical (unpaired) electrons. The van der Waals surface area contributed by atoms with Crippen LogP contribution in [0.2, 0.25) is 0 Å². The third-order valence-electron chi connectivity index (χ3n) is 3.90. The van der Waals surface area contributed by atoms with Crippen molar-refractivity contribution in [3.8, 4) is 0 Å². The van der Waals surface area contributed by atoms with Crippen molar-refractivity contribution < 1.29 is 22.7 Å². The van der Waals surface area contributed by atoms with E-state index in [-0.39, 0.29) is 23.8 Å². The van der Waals surface area contributed by atoms with Crippen molar-refractivity contribution in [1.82, 2.24) is 10.6 Å². The number of carbonyl (C=O) groups is 2. The number of amides is 3. The van der Waals surface area contributed by atoms with Gasteiger partial charge >= 0.3 is 12.1 Å². The number of anilines is 1. The molecular weight excluding hydrogens is 382 g/mol. The van der Waals surface area contributed by atoms with Gasteiger partial charge in [0.1, 0.15) is 6.61 Å². The van der Waals surface area contributed by atoms with Crippen molar-refractivity contribution in [2.45, 2.75) is 25.0 Å². The first-order valence-corrected chi connectivity index (χ1v) is 10.3. The lowest BCUT2D eigenvalue weighted by Crippen LogP contribution is -2.26. The molecular formula is C19H23N3O5S. The molecule has 0 heterocycles. The third-order valence-corrected chi connectivity index (χ3v) is 5.72. The molecule has 28 heavy (non-hydrogen) atoms. The number of hydrogen-bond acceptors (Lipinski definition) is 5. The van der Waals surface area contributed by atoms with Crippen LogP contribution in [0.1, 0.15) is 18.1 Å². The van der Waals surface area contributed by atoms with Crippen LogP contribution in [0.4, 0.5) is 15.3 Å². The van der Waals surface area contributed by atoms with E-state index in [2.05, 4.69) is 16.0 Å². The predicted octanol–water partition coefficient (Wildman–Crippen LogP) is 2.66. The lowest BCUT2D eigenvalue weighted by molar-refractivity contribution is 0.139. The molecule has 2 aromatic carbocycles. The zero-order valence-electron chi connectivity index (χ0n) is 15.7. The van der Waals surface area contributed by atoms with Gasteiger partial charge in [-0.15, -0.1) is 0 Å². The van der Waals surface area contributed by atoms with Crippen molar-refractivity contribution in [2.24, 2.45) is 0 Å². The molecule has 9 heteroatoms. The number of sulfone groups is 1. The van der Waals surface area contributed by atoms with Crippen molar-refractivity contribution in [3.05, 3.63) is 59.7 Å². The van der Waals surface area contributed by atoms with E-state index >= 15 is 0 Å². The maximum atomic E-state index is 12.3. The van der Waals surface area contributed by atoms with E-state index in [4.69, 9.17) is 4.74 Å². The summed E-state index contributed by atoms with van der Waals surface area (Å²) in [5, 5.41) is 7.53. The monoisotopic (exact) mass is 405 g/mol. The lowest BCUT2D eigenvalue weighted by atomic mass is 10.2. The summed E-state index contributed by atoms with van der Waals surface area (Å²) in [5.41, 5.74) is 1.60. The van der Waals surface area contributed by atoms with Gasteiger partial charge in [0.05, 0.1) is 10.6 Å². The number of benzene rings is 2. The fraction of sp³-hybridized carbons (Fsp3) is 0.263. The van der Waals surface area contributed by atoms with Gasteiger partial charge in [0.15, 0.2) is 9.84 Å². The predicted molar refractivity (Wildman–Crippen MR) is 106 cm³/mol. The molecule has 0 fully saturated rings. The molecule has 0 aliphatic heterocycles. The highest BCUT2D eigenvalue weighted by molar-refractivity contribution is 7.91. The maximum Gasteiger partial charge on any atom is 0.407 e. The molecule has 0 atom stereocenters. The van der Waals surface area contributed by atoms with E-state index in [0.29, 0.717) is 11.3 Å². The molecule has 150 valence electrons. The smallest absolute Gasteiger partial charge is 0.407 e. The van der Waals surface area contributed by atoms with Crippen LogP contribution in [0.25, 0.3) is 0 Å². The topological polar surface area (TPSA) is 114 Å². The third kappa shape index (κ3) is 5.98. The van der Waals surface area contributed by atoms with E-state index < -0.39 is 22.0 Å². The fourth-order valence-electron chi connectivity index (χ4n) is 2.39. The van der Waals surface area contributed by atoms with Gasteiger partial charge in [0.25, 0.3) is 0 Å². The molecule has 0 saturated heterocycles. The molecule has 2 aromatic rings. The number of carbonyl (C=O) groups excluding carboxylic acids is 2. The first-order chi connectivity index (χ1) is 13.4. The zero-order chi connectivity index (χ0) is 20.6. The summed E-state index contributed by atoms with van der Waals surface area (Å²) in [5.74, 6) is -0.0827. The maximum absolute atomic E-state index is 12.3. The Kier molecular flexibility index (Phi) is 7.39. The molecule has 2 rings (SSSR count). The number of urea groups is 1.